The summed E-state index contributed by atoms with van der Waals surface area (Å²) in [5.74, 6) is 0.838. The van der Waals surface area contributed by atoms with Crippen LogP contribution in [-0.2, 0) is 15.9 Å². The Morgan fingerprint density at radius 3 is 2.29 bits per heavy atom. The van der Waals surface area contributed by atoms with Gasteiger partial charge >= 0.3 is 7.12 Å². The fraction of sp³-hybridized carbons (Fsp3) is 0.368. The van der Waals surface area contributed by atoms with Crippen molar-refractivity contribution in [2.24, 2.45) is 0 Å². The lowest BCUT2D eigenvalue weighted by atomic mass is 9.78. The van der Waals surface area contributed by atoms with E-state index in [4.69, 9.17) is 14.0 Å². The molecule has 24 heavy (non-hydrogen) atoms. The van der Waals surface area contributed by atoms with E-state index in [1.807, 2.05) is 42.5 Å². The van der Waals surface area contributed by atoms with E-state index < -0.39 is 0 Å². The molecule has 3 rings (SSSR count). The van der Waals surface area contributed by atoms with E-state index in [0.717, 1.165) is 21.2 Å². The van der Waals surface area contributed by atoms with Crippen molar-refractivity contribution in [3.05, 3.63) is 58.6 Å². The molecule has 5 heteroatoms. The molecule has 0 aliphatic carbocycles. The van der Waals surface area contributed by atoms with Crippen molar-refractivity contribution < 1.29 is 14.0 Å². The van der Waals surface area contributed by atoms with E-state index in [2.05, 4.69) is 49.7 Å². The first-order chi connectivity index (χ1) is 11.3. The van der Waals surface area contributed by atoms with Gasteiger partial charge in [-0.2, -0.15) is 0 Å². The van der Waals surface area contributed by atoms with Crippen molar-refractivity contribution in [2.75, 3.05) is 0 Å². The summed E-state index contributed by atoms with van der Waals surface area (Å²) in [6.07, 6.45) is 0. The highest BCUT2D eigenvalue weighted by molar-refractivity contribution is 9.10. The van der Waals surface area contributed by atoms with Gasteiger partial charge in [0.25, 0.3) is 0 Å². The first-order valence-electron chi connectivity index (χ1n) is 8.10. The molecule has 126 valence electrons. The molecule has 1 aliphatic rings. The van der Waals surface area contributed by atoms with E-state index in [1.54, 1.807) is 0 Å². The lowest BCUT2D eigenvalue weighted by Crippen LogP contribution is -2.41. The van der Waals surface area contributed by atoms with Crippen LogP contribution in [0.15, 0.2) is 53.0 Å². The van der Waals surface area contributed by atoms with E-state index >= 15 is 0 Å². The Labute approximate surface area is 152 Å². The van der Waals surface area contributed by atoms with Gasteiger partial charge in [0.1, 0.15) is 12.4 Å². The van der Waals surface area contributed by atoms with Gasteiger partial charge in [-0.15, -0.1) is 0 Å². The fourth-order valence-electron chi connectivity index (χ4n) is 2.53. The standard InChI is InChI=1S/C19H22BBrO3/c1-18(2)19(3,4)24-20(23-18)15-8-5-7-14(11-15)13-22-17-10-6-9-16(21)12-17/h5-12H,13H2,1-4H3. The maximum atomic E-state index is 6.11. The van der Waals surface area contributed by atoms with Gasteiger partial charge in [-0.3, -0.25) is 0 Å². The second-order valence-electron chi connectivity index (χ2n) is 7.08. The number of hydrogen-bond donors (Lipinski definition) is 0. The van der Waals surface area contributed by atoms with Crippen LogP contribution < -0.4 is 10.2 Å². The first kappa shape index (κ1) is 17.5. The minimum atomic E-state index is -0.346. The number of hydrogen-bond acceptors (Lipinski definition) is 3. The highest BCUT2D eigenvalue weighted by Crippen LogP contribution is 2.36. The van der Waals surface area contributed by atoms with Crippen molar-refractivity contribution in [3.63, 3.8) is 0 Å². The highest BCUT2D eigenvalue weighted by Gasteiger charge is 2.51. The molecule has 0 atom stereocenters. The molecule has 2 aromatic rings. The first-order valence-corrected chi connectivity index (χ1v) is 8.89. The summed E-state index contributed by atoms with van der Waals surface area (Å²) in [5.41, 5.74) is 1.44. The molecule has 0 saturated carbocycles. The molecular weight excluding hydrogens is 367 g/mol. The lowest BCUT2D eigenvalue weighted by molar-refractivity contribution is 0.00578. The molecule has 3 nitrogen and oxygen atoms in total. The third-order valence-electron chi connectivity index (χ3n) is 4.68. The van der Waals surface area contributed by atoms with Crippen LogP contribution in [0.5, 0.6) is 5.75 Å². The smallest absolute Gasteiger partial charge is 0.489 e. The molecule has 2 aromatic carbocycles. The average molecular weight is 389 g/mol. The highest BCUT2D eigenvalue weighted by atomic mass is 79.9. The Kier molecular flexibility index (Phi) is 4.78. The summed E-state index contributed by atoms with van der Waals surface area (Å²) < 4.78 is 19.1. The molecule has 1 fully saturated rings. The molecule has 0 aromatic heterocycles. The molecule has 0 radical (unpaired) electrons. The Balaban J connectivity index is 1.71. The topological polar surface area (TPSA) is 27.7 Å². The maximum absolute atomic E-state index is 6.11. The molecule has 0 amide bonds. The van der Waals surface area contributed by atoms with Gasteiger partial charge in [0, 0.05) is 4.47 Å². The van der Waals surface area contributed by atoms with E-state index in [-0.39, 0.29) is 18.3 Å². The van der Waals surface area contributed by atoms with Crippen molar-refractivity contribution in [1.82, 2.24) is 0 Å². The molecule has 1 saturated heterocycles. The van der Waals surface area contributed by atoms with Crippen molar-refractivity contribution in [2.45, 2.75) is 45.5 Å². The summed E-state index contributed by atoms with van der Waals surface area (Å²) in [6, 6.07) is 16.0. The Hall–Kier alpha value is -1.30. The van der Waals surface area contributed by atoms with Crippen LogP contribution in [0.1, 0.15) is 33.3 Å². The number of rotatable bonds is 4. The zero-order chi connectivity index (χ0) is 17.4. The molecule has 0 N–H and O–H groups in total. The van der Waals surface area contributed by atoms with Gasteiger partial charge in [0.05, 0.1) is 11.2 Å². The molecule has 0 unspecified atom stereocenters. The molecule has 1 heterocycles. The Morgan fingerprint density at radius 1 is 0.958 bits per heavy atom. The monoisotopic (exact) mass is 388 g/mol. The average Bonchev–Trinajstić information content (AvgIpc) is 2.74. The summed E-state index contributed by atoms with van der Waals surface area (Å²) >= 11 is 3.45. The van der Waals surface area contributed by atoms with Crippen LogP contribution >= 0.6 is 15.9 Å². The second kappa shape index (κ2) is 6.55. The third kappa shape index (κ3) is 3.69. The minimum absolute atomic E-state index is 0.333. The van der Waals surface area contributed by atoms with Crippen molar-refractivity contribution in [1.29, 1.82) is 0 Å². The quantitative estimate of drug-likeness (QED) is 0.729. The van der Waals surface area contributed by atoms with Gasteiger partial charge in [-0.25, -0.2) is 0 Å². The second-order valence-corrected chi connectivity index (χ2v) is 8.00. The summed E-state index contributed by atoms with van der Waals surface area (Å²) in [4.78, 5) is 0. The van der Waals surface area contributed by atoms with E-state index in [0.29, 0.717) is 6.61 Å². The van der Waals surface area contributed by atoms with Crippen molar-refractivity contribution in [3.8, 4) is 5.75 Å². The number of halogens is 1. The van der Waals surface area contributed by atoms with Crippen LogP contribution in [0.2, 0.25) is 0 Å². The Bertz CT molecular complexity index is 714. The zero-order valence-electron chi connectivity index (χ0n) is 14.5. The largest absolute Gasteiger partial charge is 0.494 e. The molecule has 1 aliphatic heterocycles. The Morgan fingerprint density at radius 2 is 1.62 bits per heavy atom. The van der Waals surface area contributed by atoms with Crippen LogP contribution in [-0.4, -0.2) is 18.3 Å². The van der Waals surface area contributed by atoms with Gasteiger partial charge < -0.3 is 14.0 Å². The zero-order valence-corrected chi connectivity index (χ0v) is 16.1. The summed E-state index contributed by atoms with van der Waals surface area (Å²) in [7, 11) is -0.346. The molecule has 0 spiro atoms. The predicted molar refractivity (Wildman–Crippen MR) is 101 cm³/mol. The molecule has 0 bridgehead atoms. The maximum Gasteiger partial charge on any atom is 0.494 e. The molecular formula is C19H22BBrO3. The number of benzene rings is 2. The normalized spacial score (nSPS) is 18.6. The van der Waals surface area contributed by atoms with Crippen LogP contribution in [0.3, 0.4) is 0 Å². The van der Waals surface area contributed by atoms with Gasteiger partial charge in [0.2, 0.25) is 0 Å². The summed E-state index contributed by atoms with van der Waals surface area (Å²) in [6.45, 7) is 8.75. The van der Waals surface area contributed by atoms with Gasteiger partial charge in [0.15, 0.2) is 0 Å². The summed E-state index contributed by atoms with van der Waals surface area (Å²) in [5, 5.41) is 0. The van der Waals surface area contributed by atoms with Crippen LogP contribution in [0, 0.1) is 0 Å². The van der Waals surface area contributed by atoms with Crippen LogP contribution in [0.4, 0.5) is 0 Å². The number of ether oxygens (including phenoxy) is 1. The van der Waals surface area contributed by atoms with Crippen molar-refractivity contribution >= 4 is 28.5 Å². The van der Waals surface area contributed by atoms with E-state index in [9.17, 15) is 0 Å². The minimum Gasteiger partial charge on any atom is -0.489 e. The lowest BCUT2D eigenvalue weighted by Gasteiger charge is -2.32. The van der Waals surface area contributed by atoms with Crippen LogP contribution in [0.25, 0.3) is 0 Å². The van der Waals surface area contributed by atoms with Gasteiger partial charge in [-0.05, 0) is 56.9 Å². The van der Waals surface area contributed by atoms with Gasteiger partial charge in [-0.1, -0.05) is 46.3 Å². The van der Waals surface area contributed by atoms with E-state index in [1.165, 1.54) is 0 Å². The fourth-order valence-corrected chi connectivity index (χ4v) is 2.91. The predicted octanol–water partition coefficient (Wildman–Crippen LogP) is 4.33. The third-order valence-corrected chi connectivity index (χ3v) is 5.17. The SMILES string of the molecule is CC1(C)OB(c2cccc(COc3cccc(Br)c3)c2)OC1(C)C.